The molecule has 0 unspecified atom stereocenters. The number of aliphatic hydroxyl groups excluding tert-OH is 1. The highest BCUT2D eigenvalue weighted by molar-refractivity contribution is 6.00. The Morgan fingerprint density at radius 3 is 2.61 bits per heavy atom. The van der Waals surface area contributed by atoms with Crippen LogP contribution in [0.4, 0.5) is 23.3 Å². The van der Waals surface area contributed by atoms with Gasteiger partial charge >= 0.3 is 0 Å². The smallest absolute Gasteiger partial charge is 0.256 e. The zero-order valence-electron chi connectivity index (χ0n) is 17.8. The Hall–Kier alpha value is -3.40. The summed E-state index contributed by atoms with van der Waals surface area (Å²) in [5, 5.41) is 20.7. The standard InChI is InChI=1S/C20H24N8O.CH4O/c1-21-18-11-16(24-15-5-4-6-17(25-15)27-9-2-3-10-27)26-19-14(12-22-28(18)19)20(29)23-13-7-8-13;1-2/h4-6,11-13,21H,2-3,7-10H2,1H3,(H,23,29)(H,24,25,26);2H,1H3. The van der Waals surface area contributed by atoms with Gasteiger partial charge in [-0.25, -0.2) is 9.97 Å². The van der Waals surface area contributed by atoms with Gasteiger partial charge < -0.3 is 26.0 Å². The molecule has 2 aliphatic rings. The van der Waals surface area contributed by atoms with Crippen molar-refractivity contribution >= 4 is 34.8 Å². The van der Waals surface area contributed by atoms with Crippen LogP contribution < -0.4 is 20.9 Å². The molecule has 3 aromatic heterocycles. The first-order valence-electron chi connectivity index (χ1n) is 10.5. The molecule has 0 radical (unpaired) electrons. The molecule has 3 aromatic rings. The van der Waals surface area contributed by atoms with Crippen molar-refractivity contribution < 1.29 is 9.90 Å². The van der Waals surface area contributed by atoms with E-state index in [1.54, 1.807) is 10.7 Å². The van der Waals surface area contributed by atoms with E-state index in [1.165, 1.54) is 12.8 Å². The molecule has 4 heterocycles. The van der Waals surface area contributed by atoms with Gasteiger partial charge in [0.25, 0.3) is 5.91 Å². The first-order chi connectivity index (χ1) is 15.2. The van der Waals surface area contributed by atoms with E-state index in [1.807, 2.05) is 31.3 Å². The van der Waals surface area contributed by atoms with E-state index in [-0.39, 0.29) is 11.9 Å². The number of rotatable bonds is 6. The topological polar surface area (TPSA) is 120 Å². The second-order valence-corrected chi connectivity index (χ2v) is 7.52. The zero-order chi connectivity index (χ0) is 21.8. The molecule has 5 rings (SSSR count). The third-order valence-corrected chi connectivity index (χ3v) is 5.31. The van der Waals surface area contributed by atoms with Crippen molar-refractivity contribution in [1.82, 2.24) is 24.9 Å². The van der Waals surface area contributed by atoms with Crippen LogP contribution in [-0.2, 0) is 0 Å². The summed E-state index contributed by atoms with van der Waals surface area (Å²) in [6, 6.07) is 8.08. The van der Waals surface area contributed by atoms with Gasteiger partial charge in [-0.1, -0.05) is 6.07 Å². The molecule has 4 N–H and O–H groups in total. The summed E-state index contributed by atoms with van der Waals surface area (Å²) in [5.74, 6) is 2.89. The highest BCUT2D eigenvalue weighted by Gasteiger charge is 2.26. The molecule has 0 spiro atoms. The lowest BCUT2D eigenvalue weighted by molar-refractivity contribution is 0.0952. The van der Waals surface area contributed by atoms with Gasteiger partial charge in [-0.3, -0.25) is 4.79 Å². The minimum Gasteiger partial charge on any atom is -0.400 e. The van der Waals surface area contributed by atoms with E-state index < -0.39 is 0 Å². The van der Waals surface area contributed by atoms with E-state index in [2.05, 4.69) is 30.9 Å². The third kappa shape index (κ3) is 4.53. The molecule has 0 bridgehead atoms. The predicted octanol–water partition coefficient (Wildman–Crippen LogP) is 2.01. The third-order valence-electron chi connectivity index (χ3n) is 5.31. The van der Waals surface area contributed by atoms with Crippen LogP contribution in [0.25, 0.3) is 5.65 Å². The molecule has 1 amide bonds. The summed E-state index contributed by atoms with van der Waals surface area (Å²) >= 11 is 0. The minimum atomic E-state index is -0.136. The van der Waals surface area contributed by atoms with Crippen molar-refractivity contribution in [3.05, 3.63) is 36.0 Å². The molecule has 10 heteroatoms. The fourth-order valence-corrected chi connectivity index (χ4v) is 3.60. The molecule has 1 aliphatic carbocycles. The monoisotopic (exact) mass is 424 g/mol. The lowest BCUT2D eigenvalue weighted by Crippen LogP contribution is -2.25. The van der Waals surface area contributed by atoms with Crippen molar-refractivity contribution in [2.75, 3.05) is 42.8 Å². The van der Waals surface area contributed by atoms with Crippen LogP contribution in [-0.4, -0.2) is 63.9 Å². The van der Waals surface area contributed by atoms with Crippen LogP contribution in [0.3, 0.4) is 0 Å². The Labute approximate surface area is 180 Å². The van der Waals surface area contributed by atoms with E-state index >= 15 is 0 Å². The summed E-state index contributed by atoms with van der Waals surface area (Å²) in [5.41, 5.74) is 0.976. The number of hydrogen-bond donors (Lipinski definition) is 4. The Morgan fingerprint density at radius 1 is 1.13 bits per heavy atom. The summed E-state index contributed by atoms with van der Waals surface area (Å²) in [7, 11) is 2.82. The van der Waals surface area contributed by atoms with Crippen LogP contribution in [0, 0.1) is 0 Å². The molecular formula is C21H28N8O2. The Bertz CT molecular complexity index is 1060. The lowest BCUT2D eigenvalue weighted by atomic mass is 10.3. The van der Waals surface area contributed by atoms with Crippen molar-refractivity contribution in [3.63, 3.8) is 0 Å². The number of aliphatic hydroxyl groups is 1. The number of hydrogen-bond acceptors (Lipinski definition) is 8. The number of pyridine rings is 1. The van der Waals surface area contributed by atoms with Gasteiger partial charge in [0.2, 0.25) is 0 Å². The largest absolute Gasteiger partial charge is 0.400 e. The fourth-order valence-electron chi connectivity index (χ4n) is 3.60. The van der Waals surface area contributed by atoms with Gasteiger partial charge in [0.15, 0.2) is 5.65 Å². The molecule has 10 nitrogen and oxygen atoms in total. The molecule has 1 saturated heterocycles. The number of carbonyl (C=O) groups excluding carboxylic acids is 1. The van der Waals surface area contributed by atoms with Crippen LogP contribution in [0.1, 0.15) is 36.0 Å². The van der Waals surface area contributed by atoms with E-state index in [9.17, 15) is 4.79 Å². The minimum absolute atomic E-state index is 0.136. The fraction of sp³-hybridized carbons (Fsp3) is 0.429. The lowest BCUT2D eigenvalue weighted by Gasteiger charge is -2.17. The molecule has 0 aromatic carbocycles. The normalized spacial score (nSPS) is 15.4. The van der Waals surface area contributed by atoms with Gasteiger partial charge in [-0.15, -0.1) is 0 Å². The molecule has 31 heavy (non-hydrogen) atoms. The van der Waals surface area contributed by atoms with Crippen molar-refractivity contribution in [3.8, 4) is 0 Å². The Balaban J connectivity index is 0.00000112. The predicted molar refractivity (Wildman–Crippen MR) is 120 cm³/mol. The van der Waals surface area contributed by atoms with Gasteiger partial charge in [0.05, 0.1) is 6.20 Å². The second-order valence-electron chi connectivity index (χ2n) is 7.52. The maximum Gasteiger partial charge on any atom is 0.256 e. The van der Waals surface area contributed by atoms with Crippen LogP contribution in [0.2, 0.25) is 0 Å². The van der Waals surface area contributed by atoms with Crippen molar-refractivity contribution in [2.24, 2.45) is 0 Å². The highest BCUT2D eigenvalue weighted by atomic mass is 16.2. The number of aromatic nitrogens is 4. The summed E-state index contributed by atoms with van der Waals surface area (Å²) in [4.78, 5) is 24.2. The van der Waals surface area contributed by atoms with Crippen LogP contribution in [0.15, 0.2) is 30.5 Å². The Kier molecular flexibility index (Phi) is 6.17. The number of nitrogens with zero attached hydrogens (tertiary/aromatic N) is 5. The SMILES string of the molecule is CNc1cc(Nc2cccc(N3CCCC3)n2)nc2c(C(=O)NC3CC3)cnn12.CO. The van der Waals surface area contributed by atoms with Gasteiger partial charge in [0.1, 0.15) is 28.8 Å². The maximum atomic E-state index is 12.6. The number of fused-ring (bicyclic) bond motifs is 1. The van der Waals surface area contributed by atoms with Gasteiger partial charge in [0, 0.05) is 39.4 Å². The van der Waals surface area contributed by atoms with E-state index in [0.29, 0.717) is 17.0 Å². The summed E-state index contributed by atoms with van der Waals surface area (Å²) in [6.45, 7) is 2.08. The molecule has 1 saturated carbocycles. The Morgan fingerprint density at radius 2 is 1.90 bits per heavy atom. The molecule has 2 fully saturated rings. The van der Waals surface area contributed by atoms with Gasteiger partial charge in [-0.2, -0.15) is 9.61 Å². The quantitative estimate of drug-likeness (QED) is 0.474. The van der Waals surface area contributed by atoms with Crippen molar-refractivity contribution in [2.45, 2.75) is 31.7 Å². The maximum absolute atomic E-state index is 12.6. The van der Waals surface area contributed by atoms with Crippen molar-refractivity contribution in [1.29, 1.82) is 0 Å². The van der Waals surface area contributed by atoms with Gasteiger partial charge in [-0.05, 0) is 37.8 Å². The number of anilines is 4. The molecule has 0 atom stereocenters. The molecular weight excluding hydrogens is 396 g/mol. The highest BCUT2D eigenvalue weighted by Crippen LogP contribution is 2.25. The molecule has 1 aliphatic heterocycles. The number of amides is 1. The first kappa shape index (κ1) is 20.9. The van der Waals surface area contributed by atoms with Crippen LogP contribution in [0.5, 0.6) is 0 Å². The second kappa shape index (κ2) is 9.17. The summed E-state index contributed by atoms with van der Waals surface area (Å²) < 4.78 is 1.64. The molecule has 164 valence electrons. The summed E-state index contributed by atoms with van der Waals surface area (Å²) in [6.07, 6.45) is 6.04. The number of nitrogens with one attached hydrogen (secondary N) is 3. The number of carbonyl (C=O) groups is 1. The van der Waals surface area contributed by atoms with Crippen LogP contribution >= 0.6 is 0 Å². The average Bonchev–Trinajstić information content (AvgIpc) is 3.27. The van der Waals surface area contributed by atoms with E-state index in [0.717, 1.165) is 50.5 Å². The first-order valence-corrected chi connectivity index (χ1v) is 10.5. The van der Waals surface area contributed by atoms with E-state index in [4.69, 9.17) is 10.1 Å². The average molecular weight is 425 g/mol. The zero-order valence-corrected chi connectivity index (χ0v) is 17.8.